The number of β-amino-alcohol motifs (C(OH)–C–C–N with tert-alkyl or cyclic N) is 3. The first-order valence-electron chi connectivity index (χ1n) is 39.6. The molecule has 0 unspecified atom stereocenters. The third kappa shape index (κ3) is 28.4. The second-order valence-electron chi connectivity index (χ2n) is 30.9. The van der Waals surface area contributed by atoms with Gasteiger partial charge in [-0.2, -0.15) is 0 Å². The molecule has 636 valence electrons. The van der Waals surface area contributed by atoms with E-state index in [1.54, 1.807) is 40.1 Å². The third-order valence-electron chi connectivity index (χ3n) is 19.7. The number of aliphatic hydroxyl groups is 3. The Kier molecular flexibility index (Phi) is 43.5. The van der Waals surface area contributed by atoms with E-state index in [0.29, 0.717) is 5.69 Å². The van der Waals surface area contributed by atoms with Crippen LogP contribution in [-0.2, 0) is 44.8 Å². The van der Waals surface area contributed by atoms with E-state index in [1.165, 1.54) is 35.0 Å². The maximum absolute atomic E-state index is 13.4. The fraction of sp³-hybridized carbons (Fsp3) is 0.591. The topological polar surface area (TPSA) is 323 Å². The van der Waals surface area contributed by atoms with Crippen molar-refractivity contribution in [2.45, 2.75) is 288 Å². The number of rotatable bonds is 20. The van der Waals surface area contributed by atoms with Crippen LogP contribution in [0.4, 0.5) is 0 Å². The summed E-state index contributed by atoms with van der Waals surface area (Å²) >= 11 is 4.59. The van der Waals surface area contributed by atoms with Gasteiger partial charge in [0.2, 0.25) is 41.4 Å². The van der Waals surface area contributed by atoms with Crippen LogP contribution < -0.4 is 26.6 Å². The number of benzene rings is 3. The summed E-state index contributed by atoms with van der Waals surface area (Å²) < 4.78 is 0. The number of carbonyl (C=O) groups excluding carboxylic acids is 9. The fourth-order valence-corrected chi connectivity index (χ4v) is 15.6. The number of thiazole rings is 3. The number of amides is 8. The Morgan fingerprint density at radius 2 is 0.860 bits per heavy atom. The molecule has 6 heterocycles. The second kappa shape index (κ2) is 47.8. The number of nitrogens with zero attached hydrogens (tertiary/aromatic N) is 6. The molecule has 3 aliphatic rings. The normalized spacial score (nSPS) is 18.4. The molecule has 3 fully saturated rings. The summed E-state index contributed by atoms with van der Waals surface area (Å²) in [6.07, 6.45) is -0.814. The van der Waals surface area contributed by atoms with Crippen molar-refractivity contribution in [3.63, 3.8) is 0 Å². The van der Waals surface area contributed by atoms with Crippen molar-refractivity contribution in [2.24, 2.45) is 28.1 Å². The van der Waals surface area contributed by atoms with E-state index < -0.39 is 59.2 Å². The van der Waals surface area contributed by atoms with Gasteiger partial charge >= 0.3 is 0 Å². The van der Waals surface area contributed by atoms with Crippen LogP contribution in [0.25, 0.3) is 31.3 Å². The van der Waals surface area contributed by atoms with Crippen LogP contribution in [-0.4, -0.2) is 167 Å². The SMILES string of the molecule is C.C.CC.CC.CC.CC.CCc1cc(-c2scnc2C)ccc1[C@H](C)NC(=O)[C@@H]1C[C@@H](O)CN1C(=O)[C@@H](NC(C)=O)C(C)(C)C.CNC(=O)c1ncsc1-c1ccc([C@H](C)NC(=O)[C@@H]2C[C@@H](O)CN2C(=O)[C@@H](CC(C)=O)C(C)(C)C)cc1.Cc1ncsc1-c1ccc([C@H](C)NC(=O)[C@@H]2C[C@@H](O)CN2C(=O)[C@@H](C)C(C)(C)C)cc1. The minimum atomic E-state index is -0.812. The van der Waals surface area contributed by atoms with Crippen molar-refractivity contribution in [1.29, 1.82) is 0 Å². The predicted molar refractivity (Wildman–Crippen MR) is 466 cm³/mol. The highest BCUT2D eigenvalue weighted by atomic mass is 32.1. The van der Waals surface area contributed by atoms with Gasteiger partial charge in [0.1, 0.15) is 35.6 Å². The lowest BCUT2D eigenvalue weighted by Crippen LogP contribution is -2.57. The molecule has 0 saturated carbocycles. The van der Waals surface area contributed by atoms with Crippen molar-refractivity contribution < 1.29 is 58.5 Å². The average molecular weight is 1640 g/mol. The highest BCUT2D eigenvalue weighted by Crippen LogP contribution is 2.37. The van der Waals surface area contributed by atoms with Crippen molar-refractivity contribution in [2.75, 3.05) is 26.7 Å². The number of aryl methyl sites for hydroxylation is 3. The molecular weight excluding hydrogens is 1500 g/mol. The van der Waals surface area contributed by atoms with Gasteiger partial charge in [-0.05, 0) is 109 Å². The number of Topliss-reactive ketones (excluding diaryl/α,β-unsaturated/α-hetero) is 1. The Bertz CT molecular complexity index is 4020. The molecule has 8 N–H and O–H groups in total. The van der Waals surface area contributed by atoms with Crippen LogP contribution in [0, 0.1) is 41.9 Å². The standard InChI is InChI=1S/C27H36N4O5S.C27H38N4O4S.C24H33N3O3S.4C2H6.2CH4/c1-15(32)11-20(27(3,4)5)26(36)31-13-19(33)12-21(31)24(34)30-16(2)17-7-9-18(10-8-17)23-22(25(35)28-6)29-14-37-23;1-8-18-11-19(23-16(3)28-14-36-23)9-10-21(18)15(2)29-25(34)22-12-20(33)13-31(22)26(35)24(27(5,6)7)30-17(4)32;1-14(24(4,5)6)23(30)27-12-19(28)11-20(27)22(29)26-15(2)17-7-9-18(10-8-17)21-16(3)25-13-31-21;4*1-2;;/h7-10,14,16,19-21,33H,11-13H2,1-6H3,(H,28,35)(H,30,34);9-11,14-15,20,22,24,33H,8,12-13H2,1-7H3,(H,29,34)(H,30,32);7-10,13-15,19-20,28H,11-12H2,1-6H3,(H,26,29);4*1-2H3;2*1H4/t16-,19+,20+,21-;15-,20+,22-,24+;14-,15+,19-,20+;;;;;;/m001....../s1. The van der Waals surface area contributed by atoms with E-state index >= 15 is 0 Å². The van der Waals surface area contributed by atoms with Gasteiger partial charge in [-0.25, -0.2) is 15.0 Å². The highest BCUT2D eigenvalue weighted by molar-refractivity contribution is 7.14. The van der Waals surface area contributed by atoms with Gasteiger partial charge in [-0.3, -0.25) is 38.4 Å². The van der Waals surface area contributed by atoms with Gasteiger partial charge in [0.15, 0.2) is 0 Å². The van der Waals surface area contributed by atoms with E-state index in [2.05, 4.69) is 54.5 Å². The Hall–Kier alpha value is -8.14. The van der Waals surface area contributed by atoms with Crippen molar-refractivity contribution >= 4 is 87.1 Å². The lowest BCUT2D eigenvalue weighted by Gasteiger charge is -2.35. The summed E-state index contributed by atoms with van der Waals surface area (Å²) in [5.41, 5.74) is 13.5. The third-order valence-corrected chi connectivity index (χ3v) is 22.6. The molecule has 9 rings (SSSR count). The number of aliphatic hydroxyl groups excluding tert-OH is 3. The fourth-order valence-electron chi connectivity index (χ4n) is 13.2. The summed E-state index contributed by atoms with van der Waals surface area (Å²) in [6, 6.07) is 17.9. The van der Waals surface area contributed by atoms with E-state index in [9.17, 15) is 58.5 Å². The molecule has 23 nitrogen and oxygen atoms in total. The van der Waals surface area contributed by atoms with Gasteiger partial charge < -0.3 is 61.4 Å². The van der Waals surface area contributed by atoms with Crippen LogP contribution in [0.2, 0.25) is 0 Å². The smallest absolute Gasteiger partial charge is 0.271 e. The molecule has 0 radical (unpaired) electrons. The zero-order valence-electron chi connectivity index (χ0n) is 71.6. The van der Waals surface area contributed by atoms with Crippen LogP contribution in [0.3, 0.4) is 0 Å². The molecule has 3 aromatic carbocycles. The summed E-state index contributed by atoms with van der Waals surface area (Å²) in [7, 11) is 1.56. The van der Waals surface area contributed by atoms with Crippen molar-refractivity contribution in [3.8, 4) is 31.3 Å². The molecule has 12 atom stereocenters. The van der Waals surface area contributed by atoms with E-state index in [1.807, 2.05) is 231 Å². The number of nitrogens with one attached hydrogen (secondary N) is 5. The van der Waals surface area contributed by atoms with Crippen LogP contribution >= 0.6 is 34.0 Å². The zero-order valence-corrected chi connectivity index (χ0v) is 74.0. The molecule has 26 heteroatoms. The Morgan fingerprint density at radius 1 is 0.491 bits per heavy atom. The number of ketones is 1. The minimum absolute atomic E-state index is 0. The van der Waals surface area contributed by atoms with Crippen molar-refractivity contribution in [3.05, 3.63) is 123 Å². The van der Waals surface area contributed by atoms with Gasteiger partial charge in [-0.1, -0.05) is 207 Å². The molecule has 0 spiro atoms. The molecular formula is C88H139N11O12S3. The molecule has 3 saturated heterocycles. The van der Waals surface area contributed by atoms with Crippen LogP contribution in [0.5, 0.6) is 0 Å². The Morgan fingerprint density at radius 3 is 1.22 bits per heavy atom. The number of likely N-dealkylation sites (tertiary alicyclic amines) is 3. The Balaban J connectivity index is 0.000000813. The maximum Gasteiger partial charge on any atom is 0.271 e. The molecule has 3 aromatic heterocycles. The predicted octanol–water partition coefficient (Wildman–Crippen LogP) is 15.6. The molecule has 6 aromatic rings. The minimum Gasteiger partial charge on any atom is -0.391 e. The first-order valence-corrected chi connectivity index (χ1v) is 42.2. The van der Waals surface area contributed by atoms with Gasteiger partial charge in [0.25, 0.3) is 5.91 Å². The largest absolute Gasteiger partial charge is 0.391 e. The first-order chi connectivity index (χ1) is 52.6. The van der Waals surface area contributed by atoms with Crippen LogP contribution in [0.15, 0.2) is 83.3 Å². The first kappa shape index (κ1) is 104. The van der Waals surface area contributed by atoms with Gasteiger partial charge in [-0.15, -0.1) is 34.0 Å². The number of hydrogen-bond donors (Lipinski definition) is 8. The highest BCUT2D eigenvalue weighted by Gasteiger charge is 2.47. The van der Waals surface area contributed by atoms with Gasteiger partial charge in [0.05, 0.1) is 79.0 Å². The lowest BCUT2D eigenvalue weighted by atomic mass is 9.77. The van der Waals surface area contributed by atoms with E-state index in [-0.39, 0.29) is 143 Å². The summed E-state index contributed by atoms with van der Waals surface area (Å²) in [5, 5.41) is 45.2. The molecule has 0 aliphatic carbocycles. The number of hydrogen-bond acceptors (Lipinski definition) is 18. The maximum atomic E-state index is 13.4. The quantitative estimate of drug-likeness (QED) is 0.0352. The van der Waals surface area contributed by atoms with Gasteiger partial charge in [0, 0.05) is 71.1 Å². The van der Waals surface area contributed by atoms with Crippen LogP contribution in [0.1, 0.15) is 269 Å². The molecule has 0 bridgehead atoms. The monoisotopic (exact) mass is 1640 g/mol. The zero-order chi connectivity index (χ0) is 85.2. The summed E-state index contributed by atoms with van der Waals surface area (Å²) in [5.74, 6) is -3.09. The lowest BCUT2D eigenvalue weighted by molar-refractivity contribution is -0.146. The average Bonchev–Trinajstić information content (AvgIpc) is 1.51. The van der Waals surface area contributed by atoms with E-state index in [4.69, 9.17) is 0 Å². The van der Waals surface area contributed by atoms with E-state index in [0.717, 1.165) is 71.4 Å². The molecule has 3 aliphatic heterocycles. The molecule has 8 amide bonds. The van der Waals surface area contributed by atoms with Crippen molar-refractivity contribution in [1.82, 2.24) is 56.2 Å². The number of aromatic nitrogens is 3. The second-order valence-corrected chi connectivity index (χ2v) is 33.5. The molecule has 114 heavy (non-hydrogen) atoms. The summed E-state index contributed by atoms with van der Waals surface area (Å²) in [6.45, 7) is 50.1. The Labute approximate surface area is 693 Å². The number of carbonyl (C=O) groups is 9. The summed E-state index contributed by atoms with van der Waals surface area (Å²) in [4.78, 5) is 135.